The molecule has 6 nitrogen and oxygen atoms in total. The van der Waals surface area contributed by atoms with Gasteiger partial charge in [0.1, 0.15) is 0 Å². The number of nitrogens with two attached hydrogens (primary N) is 2. The first-order valence-electron chi connectivity index (χ1n) is 3.91. The molecule has 6 N–H and O–H groups in total. The van der Waals surface area contributed by atoms with Gasteiger partial charge in [-0.05, 0) is 25.8 Å². The number of unbranched alkanes of at least 4 members (excludes halogenated alkanes) is 1. The highest BCUT2D eigenvalue weighted by Crippen LogP contribution is 2.11. The molecule has 0 spiro atoms. The van der Waals surface area contributed by atoms with E-state index < -0.39 is 17.5 Å². The zero-order chi connectivity index (χ0) is 10.5. The van der Waals surface area contributed by atoms with Crippen molar-refractivity contribution in [1.29, 1.82) is 0 Å². The summed E-state index contributed by atoms with van der Waals surface area (Å²) in [5.74, 6) is -3.03. The molecule has 0 bridgehead atoms. The van der Waals surface area contributed by atoms with Crippen LogP contribution < -0.4 is 11.5 Å². The van der Waals surface area contributed by atoms with Gasteiger partial charge in [-0.25, -0.2) is 9.59 Å². The Morgan fingerprint density at radius 2 is 1.62 bits per heavy atom. The van der Waals surface area contributed by atoms with Gasteiger partial charge in [-0.1, -0.05) is 0 Å². The summed E-state index contributed by atoms with van der Waals surface area (Å²) < 4.78 is 0. The van der Waals surface area contributed by atoms with Gasteiger partial charge in [0.2, 0.25) is 5.54 Å². The Morgan fingerprint density at radius 3 is 1.92 bits per heavy atom. The molecule has 6 heteroatoms. The number of carboxylic acids is 2. The maximum atomic E-state index is 10.5. The Labute approximate surface area is 75.5 Å². The predicted molar refractivity (Wildman–Crippen MR) is 45.1 cm³/mol. The Bertz CT molecular complexity index is 191. The van der Waals surface area contributed by atoms with Crippen molar-refractivity contribution in [3.8, 4) is 0 Å². The number of carboxylic acid groups (broad SMARTS) is 2. The van der Waals surface area contributed by atoms with Crippen molar-refractivity contribution in [3.63, 3.8) is 0 Å². The first-order valence-corrected chi connectivity index (χ1v) is 3.91. The lowest BCUT2D eigenvalue weighted by Crippen LogP contribution is -2.54. The van der Waals surface area contributed by atoms with Crippen molar-refractivity contribution < 1.29 is 19.8 Å². The van der Waals surface area contributed by atoms with Gasteiger partial charge in [-0.2, -0.15) is 0 Å². The lowest BCUT2D eigenvalue weighted by atomic mass is 9.94. The van der Waals surface area contributed by atoms with Crippen molar-refractivity contribution in [1.82, 2.24) is 0 Å². The third kappa shape index (κ3) is 3.00. The minimum Gasteiger partial charge on any atom is -0.479 e. The molecule has 0 amide bonds. The fourth-order valence-corrected chi connectivity index (χ4v) is 0.854. The van der Waals surface area contributed by atoms with Gasteiger partial charge < -0.3 is 21.7 Å². The fraction of sp³-hybridized carbons (Fsp3) is 0.714. The van der Waals surface area contributed by atoms with Crippen molar-refractivity contribution in [2.45, 2.75) is 24.8 Å². The smallest absolute Gasteiger partial charge is 0.335 e. The van der Waals surface area contributed by atoms with Gasteiger partial charge >= 0.3 is 11.9 Å². The molecule has 0 aromatic heterocycles. The zero-order valence-electron chi connectivity index (χ0n) is 7.19. The van der Waals surface area contributed by atoms with Crippen molar-refractivity contribution in [2.24, 2.45) is 11.5 Å². The summed E-state index contributed by atoms with van der Waals surface area (Å²) in [6, 6.07) is 0. The topological polar surface area (TPSA) is 127 Å². The predicted octanol–water partition coefficient (Wildman–Crippen LogP) is -1.02. The van der Waals surface area contributed by atoms with E-state index in [1.165, 1.54) is 0 Å². The minimum atomic E-state index is -2.17. The summed E-state index contributed by atoms with van der Waals surface area (Å²) >= 11 is 0. The Hall–Kier alpha value is -1.14. The number of hydrogen-bond donors (Lipinski definition) is 4. The van der Waals surface area contributed by atoms with Crippen LogP contribution in [0.15, 0.2) is 0 Å². The molecule has 0 rings (SSSR count). The molecule has 0 saturated carbocycles. The molecule has 0 aromatic carbocycles. The summed E-state index contributed by atoms with van der Waals surface area (Å²) in [4.78, 5) is 21.0. The number of aliphatic carboxylic acids is 2. The maximum absolute atomic E-state index is 10.5. The van der Waals surface area contributed by atoms with Gasteiger partial charge in [0.15, 0.2) is 0 Å². The van der Waals surface area contributed by atoms with E-state index in [1.54, 1.807) is 0 Å². The molecular weight excluding hydrogens is 176 g/mol. The zero-order valence-corrected chi connectivity index (χ0v) is 7.19. The molecule has 0 aliphatic heterocycles. The van der Waals surface area contributed by atoms with Gasteiger partial charge in [-0.3, -0.25) is 0 Å². The van der Waals surface area contributed by atoms with Gasteiger partial charge in [0.25, 0.3) is 0 Å². The van der Waals surface area contributed by atoms with Crippen LogP contribution in [0.4, 0.5) is 0 Å². The third-order valence-electron chi connectivity index (χ3n) is 1.79. The van der Waals surface area contributed by atoms with Gasteiger partial charge in [0.05, 0.1) is 0 Å². The second-order valence-electron chi connectivity index (χ2n) is 2.83. The van der Waals surface area contributed by atoms with Crippen LogP contribution >= 0.6 is 0 Å². The molecule has 0 aliphatic rings. The van der Waals surface area contributed by atoms with Crippen LogP contribution in [0.3, 0.4) is 0 Å². The summed E-state index contributed by atoms with van der Waals surface area (Å²) in [6.45, 7) is 0.398. The standard InChI is InChI=1S/C7H14N2O4/c8-4-2-1-3-7(9,5(10)11)6(12)13/h1-4,8-9H2,(H,10,11)(H,12,13). The Balaban J connectivity index is 4.26. The van der Waals surface area contributed by atoms with E-state index in [2.05, 4.69) is 0 Å². The molecule has 0 aliphatic carbocycles. The lowest BCUT2D eigenvalue weighted by molar-refractivity contribution is -0.157. The molecule has 0 saturated heterocycles. The number of hydrogen-bond acceptors (Lipinski definition) is 4. The van der Waals surface area contributed by atoms with E-state index in [-0.39, 0.29) is 6.42 Å². The summed E-state index contributed by atoms with van der Waals surface area (Å²) in [7, 11) is 0. The second kappa shape index (κ2) is 4.78. The highest BCUT2D eigenvalue weighted by atomic mass is 16.4. The van der Waals surface area contributed by atoms with Crippen molar-refractivity contribution in [3.05, 3.63) is 0 Å². The van der Waals surface area contributed by atoms with Crippen LogP contribution in [0.2, 0.25) is 0 Å². The molecular formula is C7H14N2O4. The quantitative estimate of drug-likeness (QED) is 0.313. The molecule has 76 valence electrons. The monoisotopic (exact) mass is 190 g/mol. The number of carbonyl (C=O) groups is 2. The van der Waals surface area contributed by atoms with E-state index in [4.69, 9.17) is 21.7 Å². The van der Waals surface area contributed by atoms with Crippen LogP contribution in [-0.2, 0) is 9.59 Å². The van der Waals surface area contributed by atoms with Crippen LogP contribution in [0.25, 0.3) is 0 Å². The lowest BCUT2D eigenvalue weighted by Gasteiger charge is -2.18. The first-order chi connectivity index (χ1) is 5.95. The SMILES string of the molecule is NCCCCC(N)(C(=O)O)C(=O)O. The summed E-state index contributed by atoms with van der Waals surface area (Å²) in [5, 5.41) is 17.1. The highest BCUT2D eigenvalue weighted by molar-refractivity contribution is 6.02. The third-order valence-corrected chi connectivity index (χ3v) is 1.79. The first kappa shape index (κ1) is 11.9. The van der Waals surface area contributed by atoms with Gasteiger partial charge in [0, 0.05) is 0 Å². The van der Waals surface area contributed by atoms with Crippen molar-refractivity contribution in [2.75, 3.05) is 6.54 Å². The van der Waals surface area contributed by atoms with Crippen LogP contribution in [-0.4, -0.2) is 34.2 Å². The molecule has 0 aromatic rings. The van der Waals surface area contributed by atoms with E-state index in [0.717, 1.165) is 0 Å². The second-order valence-corrected chi connectivity index (χ2v) is 2.83. The molecule has 0 atom stereocenters. The molecule has 13 heavy (non-hydrogen) atoms. The van der Waals surface area contributed by atoms with Gasteiger partial charge in [-0.15, -0.1) is 0 Å². The average molecular weight is 190 g/mol. The van der Waals surface area contributed by atoms with Crippen LogP contribution in [0, 0.1) is 0 Å². The molecule has 0 heterocycles. The maximum Gasteiger partial charge on any atom is 0.335 e. The largest absolute Gasteiger partial charge is 0.479 e. The molecule has 0 unspecified atom stereocenters. The van der Waals surface area contributed by atoms with Crippen LogP contribution in [0.5, 0.6) is 0 Å². The Morgan fingerprint density at radius 1 is 1.15 bits per heavy atom. The minimum absolute atomic E-state index is 0.102. The van der Waals surface area contributed by atoms with E-state index in [9.17, 15) is 9.59 Å². The normalized spacial score (nSPS) is 11.2. The van der Waals surface area contributed by atoms with Crippen molar-refractivity contribution >= 4 is 11.9 Å². The summed E-state index contributed by atoms with van der Waals surface area (Å²) in [6.07, 6.45) is 0.861. The van der Waals surface area contributed by atoms with E-state index >= 15 is 0 Å². The molecule has 0 fully saturated rings. The van der Waals surface area contributed by atoms with Crippen LogP contribution in [0.1, 0.15) is 19.3 Å². The summed E-state index contributed by atoms with van der Waals surface area (Å²) in [5.41, 5.74) is 8.19. The van der Waals surface area contributed by atoms with E-state index in [1.807, 2.05) is 0 Å². The number of rotatable bonds is 6. The average Bonchev–Trinajstić information content (AvgIpc) is 2.03. The fourth-order valence-electron chi connectivity index (χ4n) is 0.854. The Kier molecular flexibility index (Phi) is 4.36. The van der Waals surface area contributed by atoms with E-state index in [0.29, 0.717) is 19.4 Å². The molecule has 0 radical (unpaired) electrons. The highest BCUT2D eigenvalue weighted by Gasteiger charge is 2.41.